The SMILES string of the molecule is Cc1nn(C(C)C)c(Oc2cccc(F)c2C(N)=O)c1N. The summed E-state index contributed by atoms with van der Waals surface area (Å²) in [7, 11) is 0. The van der Waals surface area contributed by atoms with E-state index in [0.29, 0.717) is 11.4 Å². The van der Waals surface area contributed by atoms with Gasteiger partial charge in [-0.15, -0.1) is 0 Å². The molecule has 0 atom stereocenters. The van der Waals surface area contributed by atoms with E-state index in [1.54, 1.807) is 11.6 Å². The number of carbonyl (C=O) groups is 1. The Morgan fingerprint density at radius 3 is 2.67 bits per heavy atom. The second kappa shape index (κ2) is 5.43. The molecule has 0 saturated carbocycles. The Bertz CT molecular complexity index is 695. The number of hydrogen-bond acceptors (Lipinski definition) is 4. The number of amides is 1. The minimum atomic E-state index is -0.908. The lowest BCUT2D eigenvalue weighted by Gasteiger charge is -2.14. The molecule has 2 aromatic rings. The van der Waals surface area contributed by atoms with Crippen LogP contribution < -0.4 is 16.2 Å². The van der Waals surface area contributed by atoms with Crippen LogP contribution in [0, 0.1) is 12.7 Å². The van der Waals surface area contributed by atoms with Gasteiger partial charge in [-0.2, -0.15) is 5.10 Å². The Kier molecular flexibility index (Phi) is 3.84. The molecule has 21 heavy (non-hydrogen) atoms. The molecular weight excluding hydrogens is 275 g/mol. The van der Waals surface area contributed by atoms with E-state index in [-0.39, 0.29) is 23.2 Å². The molecular formula is C14H17FN4O2. The van der Waals surface area contributed by atoms with E-state index in [4.69, 9.17) is 16.2 Å². The summed E-state index contributed by atoms with van der Waals surface area (Å²) in [6, 6.07) is 4.01. The third kappa shape index (κ3) is 2.67. The first-order valence-electron chi connectivity index (χ1n) is 6.43. The van der Waals surface area contributed by atoms with E-state index in [9.17, 15) is 9.18 Å². The monoisotopic (exact) mass is 292 g/mol. The zero-order chi connectivity index (χ0) is 15.7. The van der Waals surface area contributed by atoms with E-state index in [1.807, 2.05) is 13.8 Å². The lowest BCUT2D eigenvalue weighted by molar-refractivity contribution is 0.0994. The van der Waals surface area contributed by atoms with Gasteiger partial charge < -0.3 is 16.2 Å². The van der Waals surface area contributed by atoms with Crippen LogP contribution in [0.15, 0.2) is 18.2 Å². The number of aryl methyl sites for hydroxylation is 1. The molecule has 1 aromatic heterocycles. The standard InChI is InChI=1S/C14H17FN4O2/c1-7(2)19-14(12(16)8(3)18-19)21-10-6-4-5-9(15)11(10)13(17)20/h4-7H,16H2,1-3H3,(H2,17,20). The summed E-state index contributed by atoms with van der Waals surface area (Å²) >= 11 is 0. The molecule has 1 heterocycles. The molecule has 0 fully saturated rings. The summed E-state index contributed by atoms with van der Waals surface area (Å²) in [5, 5.41) is 4.26. The van der Waals surface area contributed by atoms with E-state index >= 15 is 0 Å². The number of nitrogens with two attached hydrogens (primary N) is 2. The van der Waals surface area contributed by atoms with Gasteiger partial charge in [-0.3, -0.25) is 4.79 Å². The minimum absolute atomic E-state index is 0.0102. The number of ether oxygens (including phenoxy) is 1. The molecule has 0 unspecified atom stereocenters. The van der Waals surface area contributed by atoms with Crippen LogP contribution in [0.1, 0.15) is 35.9 Å². The molecule has 0 radical (unpaired) electrons. The summed E-state index contributed by atoms with van der Waals surface area (Å²) < 4.78 is 20.9. The quantitative estimate of drug-likeness (QED) is 0.904. The first-order chi connectivity index (χ1) is 9.82. The Morgan fingerprint density at radius 1 is 1.43 bits per heavy atom. The van der Waals surface area contributed by atoms with E-state index in [1.165, 1.54) is 12.1 Å². The van der Waals surface area contributed by atoms with Gasteiger partial charge in [0.05, 0.1) is 11.7 Å². The van der Waals surface area contributed by atoms with Crippen LogP contribution >= 0.6 is 0 Å². The van der Waals surface area contributed by atoms with Gasteiger partial charge in [-0.05, 0) is 32.9 Å². The number of anilines is 1. The smallest absolute Gasteiger partial charge is 0.255 e. The summed E-state index contributed by atoms with van der Waals surface area (Å²) in [5.74, 6) is -1.38. The molecule has 0 aliphatic carbocycles. The zero-order valence-corrected chi connectivity index (χ0v) is 12.1. The fourth-order valence-corrected chi connectivity index (χ4v) is 1.92. The molecule has 2 rings (SSSR count). The lowest BCUT2D eigenvalue weighted by atomic mass is 10.2. The zero-order valence-electron chi connectivity index (χ0n) is 12.1. The van der Waals surface area contributed by atoms with Crippen molar-refractivity contribution >= 4 is 11.6 Å². The molecule has 0 aliphatic rings. The molecule has 0 spiro atoms. The summed E-state index contributed by atoms with van der Waals surface area (Å²) in [6.45, 7) is 5.54. The van der Waals surface area contributed by atoms with Crippen LogP contribution in [-0.2, 0) is 0 Å². The topological polar surface area (TPSA) is 96.2 Å². The first kappa shape index (κ1) is 14.8. The highest BCUT2D eigenvalue weighted by Crippen LogP contribution is 2.34. The van der Waals surface area contributed by atoms with Gasteiger partial charge >= 0.3 is 0 Å². The van der Waals surface area contributed by atoms with Crippen molar-refractivity contribution in [2.75, 3.05) is 5.73 Å². The van der Waals surface area contributed by atoms with Crippen molar-refractivity contribution < 1.29 is 13.9 Å². The summed E-state index contributed by atoms with van der Waals surface area (Å²) in [6.07, 6.45) is 0. The van der Waals surface area contributed by atoms with Crippen molar-refractivity contribution in [1.29, 1.82) is 0 Å². The Labute approximate surface area is 121 Å². The molecule has 6 nitrogen and oxygen atoms in total. The molecule has 0 bridgehead atoms. The van der Waals surface area contributed by atoms with E-state index in [2.05, 4.69) is 5.10 Å². The van der Waals surface area contributed by atoms with Crippen LogP contribution in [0.2, 0.25) is 0 Å². The van der Waals surface area contributed by atoms with Gasteiger partial charge in [0.25, 0.3) is 5.91 Å². The Hall–Kier alpha value is -2.57. The van der Waals surface area contributed by atoms with Crippen molar-refractivity contribution in [3.63, 3.8) is 0 Å². The highest BCUT2D eigenvalue weighted by molar-refractivity contribution is 5.96. The summed E-state index contributed by atoms with van der Waals surface area (Å²) in [5.41, 5.74) is 11.7. The van der Waals surface area contributed by atoms with Crippen LogP contribution in [0.3, 0.4) is 0 Å². The van der Waals surface area contributed by atoms with Gasteiger partial charge in [0.1, 0.15) is 22.8 Å². The van der Waals surface area contributed by atoms with Gasteiger partial charge in [0, 0.05) is 0 Å². The predicted molar refractivity (Wildman–Crippen MR) is 76.8 cm³/mol. The number of aromatic nitrogens is 2. The molecule has 112 valence electrons. The van der Waals surface area contributed by atoms with E-state index < -0.39 is 11.7 Å². The summed E-state index contributed by atoms with van der Waals surface area (Å²) in [4.78, 5) is 11.4. The second-order valence-electron chi connectivity index (χ2n) is 4.92. The number of halogens is 1. The molecule has 1 aromatic carbocycles. The van der Waals surface area contributed by atoms with Crippen LogP contribution in [-0.4, -0.2) is 15.7 Å². The number of primary amides is 1. The maximum absolute atomic E-state index is 13.7. The number of nitrogen functional groups attached to an aromatic ring is 1. The van der Waals surface area contributed by atoms with Crippen molar-refractivity contribution in [2.24, 2.45) is 5.73 Å². The van der Waals surface area contributed by atoms with Crippen LogP contribution in [0.5, 0.6) is 11.6 Å². The van der Waals surface area contributed by atoms with Gasteiger partial charge in [-0.1, -0.05) is 6.07 Å². The predicted octanol–water partition coefficient (Wildman–Crippen LogP) is 2.38. The highest BCUT2D eigenvalue weighted by atomic mass is 19.1. The molecule has 7 heteroatoms. The third-order valence-corrected chi connectivity index (χ3v) is 3.00. The third-order valence-electron chi connectivity index (χ3n) is 3.00. The minimum Gasteiger partial charge on any atom is -0.436 e. The average Bonchev–Trinajstić information content (AvgIpc) is 2.67. The fraction of sp³-hybridized carbons (Fsp3) is 0.286. The number of rotatable bonds is 4. The Morgan fingerprint density at radius 2 is 2.10 bits per heavy atom. The van der Waals surface area contributed by atoms with Crippen molar-refractivity contribution in [2.45, 2.75) is 26.8 Å². The average molecular weight is 292 g/mol. The molecule has 4 N–H and O–H groups in total. The number of nitrogens with zero attached hydrogens (tertiary/aromatic N) is 2. The van der Waals surface area contributed by atoms with Crippen LogP contribution in [0.4, 0.5) is 10.1 Å². The van der Waals surface area contributed by atoms with Gasteiger partial charge in [0.2, 0.25) is 5.88 Å². The Balaban J connectivity index is 2.54. The van der Waals surface area contributed by atoms with E-state index in [0.717, 1.165) is 6.07 Å². The van der Waals surface area contributed by atoms with Crippen molar-refractivity contribution in [3.05, 3.63) is 35.3 Å². The first-order valence-corrected chi connectivity index (χ1v) is 6.43. The van der Waals surface area contributed by atoms with Crippen LogP contribution in [0.25, 0.3) is 0 Å². The maximum Gasteiger partial charge on any atom is 0.255 e. The maximum atomic E-state index is 13.7. The lowest BCUT2D eigenvalue weighted by Crippen LogP contribution is -2.15. The normalized spacial score (nSPS) is 10.9. The van der Waals surface area contributed by atoms with Gasteiger partial charge in [0.15, 0.2) is 0 Å². The largest absolute Gasteiger partial charge is 0.436 e. The number of benzene rings is 1. The molecule has 1 amide bonds. The molecule has 0 aliphatic heterocycles. The molecule has 0 saturated heterocycles. The van der Waals surface area contributed by atoms with Crippen molar-refractivity contribution in [3.8, 4) is 11.6 Å². The second-order valence-corrected chi connectivity index (χ2v) is 4.92. The van der Waals surface area contributed by atoms with Gasteiger partial charge in [-0.25, -0.2) is 9.07 Å². The highest BCUT2D eigenvalue weighted by Gasteiger charge is 2.21. The number of hydrogen-bond donors (Lipinski definition) is 2. The fourth-order valence-electron chi connectivity index (χ4n) is 1.92. The van der Waals surface area contributed by atoms with Crippen molar-refractivity contribution in [1.82, 2.24) is 9.78 Å². The number of carbonyl (C=O) groups excluding carboxylic acids is 1.